The fourth-order valence-electron chi connectivity index (χ4n) is 2.33. The van der Waals surface area contributed by atoms with Gasteiger partial charge in [0.05, 0.1) is 6.61 Å². The molecule has 18 heavy (non-hydrogen) atoms. The summed E-state index contributed by atoms with van der Waals surface area (Å²) in [6.07, 6.45) is 7.99. The summed E-state index contributed by atoms with van der Waals surface area (Å²) in [5.74, 6) is 1.49. The predicted octanol–water partition coefficient (Wildman–Crippen LogP) is 1.75. The molecule has 0 aliphatic carbocycles. The Balaban J connectivity index is 2.12. The lowest BCUT2D eigenvalue weighted by Gasteiger charge is -2.08. The average molecular weight is 238 g/mol. The molecule has 5 heteroatoms. The lowest BCUT2D eigenvalue weighted by molar-refractivity contribution is 0.344. The van der Waals surface area contributed by atoms with Gasteiger partial charge in [0.25, 0.3) is 0 Å². The number of pyridine rings is 2. The van der Waals surface area contributed by atoms with Crippen LogP contribution >= 0.6 is 0 Å². The lowest BCUT2D eigenvalue weighted by atomic mass is 10.1. The van der Waals surface area contributed by atoms with E-state index in [1.807, 2.05) is 16.8 Å². The van der Waals surface area contributed by atoms with Crippen LogP contribution in [0.5, 0.6) is 5.88 Å². The van der Waals surface area contributed by atoms with Gasteiger partial charge in [-0.2, -0.15) is 4.98 Å². The number of ether oxygens (including phenoxy) is 1. The first kappa shape index (κ1) is 9.58. The van der Waals surface area contributed by atoms with Gasteiger partial charge in [-0.05, 0) is 6.07 Å². The Morgan fingerprint density at radius 1 is 1.28 bits per heavy atom. The molecular weight excluding hydrogens is 228 g/mol. The molecule has 1 aliphatic heterocycles. The number of hydrogen-bond donors (Lipinski definition) is 0. The van der Waals surface area contributed by atoms with Gasteiger partial charge in [-0.1, -0.05) is 6.07 Å². The van der Waals surface area contributed by atoms with E-state index in [1.165, 1.54) is 0 Å². The summed E-state index contributed by atoms with van der Waals surface area (Å²) in [5, 5.41) is 1.11. The van der Waals surface area contributed by atoms with Crippen LogP contribution in [0.2, 0.25) is 0 Å². The van der Waals surface area contributed by atoms with Gasteiger partial charge in [-0.15, -0.1) is 0 Å². The van der Waals surface area contributed by atoms with Crippen LogP contribution in [0.1, 0.15) is 5.56 Å². The summed E-state index contributed by atoms with van der Waals surface area (Å²) in [5.41, 5.74) is 2.04. The predicted molar refractivity (Wildman–Crippen MR) is 65.9 cm³/mol. The summed E-state index contributed by atoms with van der Waals surface area (Å²) in [6.45, 7) is 0.694. The molecule has 0 saturated carbocycles. The molecule has 0 N–H and O–H groups in total. The maximum absolute atomic E-state index is 5.57. The fraction of sp³-hybridized carbons (Fsp3) is 0.154. The Morgan fingerprint density at radius 3 is 3.17 bits per heavy atom. The van der Waals surface area contributed by atoms with E-state index < -0.39 is 0 Å². The number of rotatable bonds is 1. The van der Waals surface area contributed by atoms with Crippen LogP contribution in [-0.4, -0.2) is 26.1 Å². The molecule has 0 atom stereocenters. The fourth-order valence-corrected chi connectivity index (χ4v) is 2.33. The van der Waals surface area contributed by atoms with Crippen molar-refractivity contribution < 1.29 is 4.74 Å². The van der Waals surface area contributed by atoms with E-state index in [-0.39, 0.29) is 0 Å². The molecule has 5 nitrogen and oxygen atoms in total. The summed E-state index contributed by atoms with van der Waals surface area (Å²) in [6, 6.07) is 4.01. The smallest absolute Gasteiger partial charge is 0.219 e. The minimum absolute atomic E-state index is 0.694. The molecule has 4 heterocycles. The summed E-state index contributed by atoms with van der Waals surface area (Å²) in [7, 11) is 0. The zero-order valence-electron chi connectivity index (χ0n) is 9.58. The Bertz CT molecular complexity index is 721. The molecule has 0 bridgehead atoms. The van der Waals surface area contributed by atoms with Gasteiger partial charge >= 0.3 is 0 Å². The van der Waals surface area contributed by atoms with Gasteiger partial charge in [-0.25, -0.2) is 4.98 Å². The molecule has 3 aromatic heterocycles. The van der Waals surface area contributed by atoms with Crippen molar-refractivity contribution in [2.75, 3.05) is 6.61 Å². The molecule has 1 aliphatic rings. The van der Waals surface area contributed by atoms with Gasteiger partial charge in [0, 0.05) is 36.0 Å². The van der Waals surface area contributed by atoms with Crippen molar-refractivity contribution in [3.05, 3.63) is 42.6 Å². The van der Waals surface area contributed by atoms with Crippen LogP contribution in [0.3, 0.4) is 0 Å². The van der Waals surface area contributed by atoms with Crippen molar-refractivity contribution >= 4 is 10.9 Å². The molecule has 3 aromatic rings. The van der Waals surface area contributed by atoms with Gasteiger partial charge in [0.2, 0.25) is 5.88 Å². The zero-order chi connectivity index (χ0) is 11.9. The topological polar surface area (TPSA) is 52.8 Å². The highest BCUT2D eigenvalue weighted by atomic mass is 16.5. The Morgan fingerprint density at radius 2 is 2.28 bits per heavy atom. The number of aromatic nitrogens is 4. The first-order valence-electron chi connectivity index (χ1n) is 5.82. The van der Waals surface area contributed by atoms with E-state index in [9.17, 15) is 0 Å². The molecular formula is C13H10N4O. The highest BCUT2D eigenvalue weighted by Gasteiger charge is 2.20. The minimum Gasteiger partial charge on any atom is -0.477 e. The second-order valence-corrected chi connectivity index (χ2v) is 4.19. The highest BCUT2D eigenvalue weighted by Crippen LogP contribution is 2.32. The van der Waals surface area contributed by atoms with Crippen LogP contribution in [0.4, 0.5) is 0 Å². The molecule has 0 fully saturated rings. The maximum Gasteiger partial charge on any atom is 0.219 e. The molecule has 0 amide bonds. The van der Waals surface area contributed by atoms with Crippen molar-refractivity contribution in [2.45, 2.75) is 6.42 Å². The Hall–Kier alpha value is -2.43. The van der Waals surface area contributed by atoms with Crippen molar-refractivity contribution in [1.29, 1.82) is 0 Å². The van der Waals surface area contributed by atoms with E-state index in [0.717, 1.165) is 34.6 Å². The zero-order valence-corrected chi connectivity index (χ0v) is 9.58. The van der Waals surface area contributed by atoms with Crippen LogP contribution in [0.25, 0.3) is 16.7 Å². The van der Waals surface area contributed by atoms with E-state index in [2.05, 4.69) is 21.0 Å². The largest absolute Gasteiger partial charge is 0.477 e. The summed E-state index contributed by atoms with van der Waals surface area (Å²) in [4.78, 5) is 13.1. The number of nitrogens with zero attached hydrogens (tertiary/aromatic N) is 4. The van der Waals surface area contributed by atoms with E-state index in [0.29, 0.717) is 6.61 Å². The van der Waals surface area contributed by atoms with E-state index in [4.69, 9.17) is 4.74 Å². The van der Waals surface area contributed by atoms with Crippen LogP contribution in [0, 0.1) is 0 Å². The van der Waals surface area contributed by atoms with E-state index >= 15 is 0 Å². The first-order valence-corrected chi connectivity index (χ1v) is 5.82. The molecule has 4 rings (SSSR count). The summed E-state index contributed by atoms with van der Waals surface area (Å²) < 4.78 is 7.43. The Kier molecular flexibility index (Phi) is 1.88. The quantitative estimate of drug-likeness (QED) is 0.648. The summed E-state index contributed by atoms with van der Waals surface area (Å²) >= 11 is 0. The van der Waals surface area contributed by atoms with Crippen LogP contribution in [0.15, 0.2) is 37.1 Å². The van der Waals surface area contributed by atoms with Gasteiger partial charge < -0.3 is 4.74 Å². The monoisotopic (exact) mass is 238 g/mol. The normalized spacial score (nSPS) is 13.6. The second kappa shape index (κ2) is 3.53. The third-order valence-electron chi connectivity index (χ3n) is 3.15. The van der Waals surface area contributed by atoms with Gasteiger partial charge in [0.15, 0.2) is 5.82 Å². The van der Waals surface area contributed by atoms with Gasteiger partial charge in [-0.3, -0.25) is 9.55 Å². The molecule has 0 spiro atoms. The Labute approximate surface area is 103 Å². The third kappa shape index (κ3) is 1.24. The third-order valence-corrected chi connectivity index (χ3v) is 3.15. The van der Waals surface area contributed by atoms with E-state index in [1.54, 1.807) is 18.7 Å². The number of fused-ring (bicyclic) bond motifs is 3. The maximum atomic E-state index is 5.57. The molecule has 0 aromatic carbocycles. The van der Waals surface area contributed by atoms with Crippen LogP contribution in [-0.2, 0) is 6.42 Å². The van der Waals surface area contributed by atoms with Crippen molar-refractivity contribution in [2.24, 2.45) is 0 Å². The molecule has 0 radical (unpaired) electrons. The van der Waals surface area contributed by atoms with Crippen molar-refractivity contribution in [3.8, 4) is 11.7 Å². The molecule has 0 unspecified atom stereocenters. The van der Waals surface area contributed by atoms with Gasteiger partial charge in [0.1, 0.15) is 11.8 Å². The number of imidazole rings is 1. The highest BCUT2D eigenvalue weighted by molar-refractivity contribution is 5.89. The van der Waals surface area contributed by atoms with Crippen LogP contribution < -0.4 is 4.74 Å². The van der Waals surface area contributed by atoms with Crippen molar-refractivity contribution in [1.82, 2.24) is 19.5 Å². The molecule has 88 valence electrons. The second-order valence-electron chi connectivity index (χ2n) is 4.19. The SMILES string of the molecule is c1cnc2c(-n3ccnc3)nc3c(c2c1)CCO3. The number of hydrogen-bond acceptors (Lipinski definition) is 4. The lowest BCUT2D eigenvalue weighted by Crippen LogP contribution is -2.00. The molecule has 0 saturated heterocycles. The first-order chi connectivity index (χ1) is 8.93. The standard InChI is InChI=1S/C13H10N4O/c1-2-9-10-3-7-18-13(10)16-12(11(9)15-4-1)17-6-5-14-8-17/h1-2,4-6,8H,3,7H2. The average Bonchev–Trinajstić information content (AvgIpc) is 3.09. The van der Waals surface area contributed by atoms with Crippen molar-refractivity contribution in [3.63, 3.8) is 0 Å². The minimum atomic E-state index is 0.694.